The Labute approximate surface area is 243 Å². The number of hydrogen-bond acceptors (Lipinski definition) is 20. The zero-order valence-electron chi connectivity index (χ0n) is 22.5. The molecule has 4 aliphatic rings. The van der Waals surface area contributed by atoms with Crippen LogP contribution in [0.15, 0.2) is 0 Å². The summed E-state index contributed by atoms with van der Waals surface area (Å²) in [5, 5.41) is 131. The molecule has 4 saturated heterocycles. The van der Waals surface area contributed by atoms with Gasteiger partial charge in [-0.15, -0.1) is 0 Å². The molecule has 0 radical (unpaired) electrons. The number of aliphatic hydroxyl groups excluding tert-OH is 13. The molecule has 19 atom stereocenters. The highest BCUT2D eigenvalue weighted by Gasteiger charge is 2.53. The van der Waals surface area contributed by atoms with Gasteiger partial charge >= 0.3 is 0 Å². The van der Waals surface area contributed by atoms with Crippen LogP contribution in [0.3, 0.4) is 0 Å². The third-order valence-electron chi connectivity index (χ3n) is 7.83. The molecular formula is C23H40O20. The molecule has 13 N–H and O–H groups in total. The van der Waals surface area contributed by atoms with Crippen LogP contribution in [0.25, 0.3) is 0 Å². The van der Waals surface area contributed by atoms with Gasteiger partial charge in [0.15, 0.2) is 25.2 Å². The summed E-state index contributed by atoms with van der Waals surface area (Å²) < 4.78 is 37.5. The van der Waals surface area contributed by atoms with Gasteiger partial charge in [0.1, 0.15) is 91.6 Å². The molecule has 43 heavy (non-hydrogen) atoms. The minimum absolute atomic E-state index is 0.596. The Morgan fingerprint density at radius 2 is 0.814 bits per heavy atom. The molecule has 0 amide bonds. The lowest BCUT2D eigenvalue weighted by Crippen LogP contribution is -2.66. The molecule has 0 aromatic heterocycles. The summed E-state index contributed by atoms with van der Waals surface area (Å²) in [5.41, 5.74) is 0. The van der Waals surface area contributed by atoms with E-state index in [0.717, 1.165) is 0 Å². The largest absolute Gasteiger partial charge is 0.394 e. The van der Waals surface area contributed by atoms with E-state index in [-0.39, 0.29) is 0 Å². The van der Waals surface area contributed by atoms with Crippen LogP contribution in [0.1, 0.15) is 0 Å². The molecule has 20 heteroatoms. The SMILES string of the molecule is OC[C@@H]1O[C@@H](OC[C@H]2O[C@H](O[C@H]3[C@H](O)[C@@H](O)[C@@H](O[C@H]4[C@H](O)[C@@H](O)C(O)O[C@@H]4CO)O[C@@H]3CO)[C@H](O)[C@@H](O)[C@@H]2O)[C@H](O)[C@H]1O. The average Bonchev–Trinajstić information content (AvgIpc) is 3.27. The zero-order chi connectivity index (χ0) is 31.7. The van der Waals surface area contributed by atoms with Crippen molar-refractivity contribution >= 4 is 0 Å². The quantitative estimate of drug-likeness (QED) is 0.106. The molecule has 4 heterocycles. The molecular weight excluding hydrogens is 596 g/mol. The van der Waals surface area contributed by atoms with E-state index in [0.29, 0.717) is 0 Å². The van der Waals surface area contributed by atoms with Crippen LogP contribution in [0.2, 0.25) is 0 Å². The van der Waals surface area contributed by atoms with Crippen molar-refractivity contribution in [3.05, 3.63) is 0 Å². The van der Waals surface area contributed by atoms with E-state index in [1.807, 2.05) is 0 Å². The molecule has 20 nitrogen and oxygen atoms in total. The first-order valence-electron chi connectivity index (χ1n) is 13.5. The fourth-order valence-corrected chi connectivity index (χ4v) is 5.24. The molecule has 4 aliphatic heterocycles. The maximum atomic E-state index is 10.8. The van der Waals surface area contributed by atoms with Gasteiger partial charge in [0.2, 0.25) is 0 Å². The normalized spacial score (nSPS) is 52.8. The van der Waals surface area contributed by atoms with Crippen LogP contribution >= 0.6 is 0 Å². The summed E-state index contributed by atoms with van der Waals surface area (Å²) in [7, 11) is 0. The second kappa shape index (κ2) is 14.7. The highest BCUT2D eigenvalue weighted by Crippen LogP contribution is 2.32. The van der Waals surface area contributed by atoms with Crippen molar-refractivity contribution in [2.45, 2.75) is 117 Å². The molecule has 0 spiro atoms. The number of ether oxygens (including phenoxy) is 7. The predicted octanol–water partition coefficient (Wildman–Crippen LogP) is -9.11. The third-order valence-corrected chi connectivity index (χ3v) is 7.83. The van der Waals surface area contributed by atoms with Crippen molar-refractivity contribution in [3.63, 3.8) is 0 Å². The molecule has 0 aromatic rings. The summed E-state index contributed by atoms with van der Waals surface area (Å²) >= 11 is 0. The van der Waals surface area contributed by atoms with E-state index >= 15 is 0 Å². The molecule has 0 bridgehead atoms. The number of hydrogen-bond donors (Lipinski definition) is 13. The highest BCUT2D eigenvalue weighted by molar-refractivity contribution is 4.96. The summed E-state index contributed by atoms with van der Waals surface area (Å²) in [4.78, 5) is 0. The Kier molecular flexibility index (Phi) is 12.0. The van der Waals surface area contributed by atoms with E-state index in [9.17, 15) is 66.4 Å². The topological polar surface area (TPSA) is 328 Å². The first-order valence-corrected chi connectivity index (χ1v) is 13.5. The van der Waals surface area contributed by atoms with Crippen LogP contribution in [0.5, 0.6) is 0 Å². The van der Waals surface area contributed by atoms with Gasteiger partial charge in [-0.2, -0.15) is 0 Å². The Hall–Kier alpha value is -0.800. The zero-order valence-corrected chi connectivity index (χ0v) is 22.5. The minimum Gasteiger partial charge on any atom is -0.394 e. The standard InChI is InChI=1S/C23H40O20/c24-1-5-9(27)15(33)21(39-5)37-4-8-10(28)11(29)16(34)22(41-8)43-19-7(3-26)40-23(17(35)13(19)31)42-18-6(2-25)38-20(36)14(32)12(18)30/h5-36H,1-4H2/t5-,6+,7+,8+,9-,10+,11-,12+,13+,14+,15+,16+,17+,18+,19+,20?,21+,22+,23+/m0/s1. The van der Waals surface area contributed by atoms with E-state index in [1.165, 1.54) is 0 Å². The lowest BCUT2D eigenvalue weighted by Gasteiger charge is -2.47. The molecule has 252 valence electrons. The fraction of sp³-hybridized carbons (Fsp3) is 1.00. The smallest absolute Gasteiger partial charge is 0.187 e. The monoisotopic (exact) mass is 636 g/mol. The first kappa shape index (κ1) is 35.1. The van der Waals surface area contributed by atoms with Crippen LogP contribution < -0.4 is 0 Å². The molecule has 0 saturated carbocycles. The first-order chi connectivity index (χ1) is 20.3. The average molecular weight is 637 g/mol. The Morgan fingerprint density at radius 3 is 1.35 bits per heavy atom. The van der Waals surface area contributed by atoms with Crippen molar-refractivity contribution in [1.29, 1.82) is 0 Å². The van der Waals surface area contributed by atoms with Gasteiger partial charge in [-0.1, -0.05) is 0 Å². The summed E-state index contributed by atoms with van der Waals surface area (Å²) in [6.45, 7) is -2.90. The van der Waals surface area contributed by atoms with Gasteiger partial charge in [0.05, 0.1) is 26.4 Å². The predicted molar refractivity (Wildman–Crippen MR) is 128 cm³/mol. The van der Waals surface area contributed by atoms with Crippen molar-refractivity contribution in [2.75, 3.05) is 26.4 Å². The highest BCUT2D eigenvalue weighted by atomic mass is 16.8. The summed E-state index contributed by atoms with van der Waals surface area (Å²) in [6, 6.07) is 0. The summed E-state index contributed by atoms with van der Waals surface area (Å²) in [5.74, 6) is 0. The maximum absolute atomic E-state index is 10.8. The minimum atomic E-state index is -1.98. The summed E-state index contributed by atoms with van der Waals surface area (Å²) in [6.07, 6.45) is -32.0. The van der Waals surface area contributed by atoms with Gasteiger partial charge in [-0.05, 0) is 0 Å². The second-order valence-corrected chi connectivity index (χ2v) is 10.7. The van der Waals surface area contributed by atoms with E-state index in [1.54, 1.807) is 0 Å². The second-order valence-electron chi connectivity index (χ2n) is 10.7. The number of aliphatic hydroxyl groups is 13. The van der Waals surface area contributed by atoms with Crippen molar-refractivity contribution in [1.82, 2.24) is 0 Å². The molecule has 0 aromatic carbocycles. The van der Waals surface area contributed by atoms with E-state index in [4.69, 9.17) is 33.2 Å². The van der Waals surface area contributed by atoms with Gasteiger partial charge in [0, 0.05) is 0 Å². The third kappa shape index (κ3) is 7.13. The van der Waals surface area contributed by atoms with Crippen molar-refractivity contribution in [3.8, 4) is 0 Å². The Balaban J connectivity index is 1.41. The Bertz CT molecular complexity index is 867. The molecule has 0 aliphatic carbocycles. The van der Waals surface area contributed by atoms with Crippen LogP contribution in [-0.2, 0) is 33.2 Å². The maximum Gasteiger partial charge on any atom is 0.187 e. The van der Waals surface area contributed by atoms with Crippen molar-refractivity contribution < 1.29 is 99.5 Å². The van der Waals surface area contributed by atoms with Crippen LogP contribution in [0, 0.1) is 0 Å². The van der Waals surface area contributed by atoms with Crippen molar-refractivity contribution in [2.24, 2.45) is 0 Å². The van der Waals surface area contributed by atoms with E-state index in [2.05, 4.69) is 0 Å². The lowest BCUT2D eigenvalue weighted by atomic mass is 9.96. The fourth-order valence-electron chi connectivity index (χ4n) is 5.24. The molecule has 4 fully saturated rings. The Morgan fingerprint density at radius 1 is 0.395 bits per heavy atom. The number of rotatable bonds is 10. The molecule has 4 rings (SSSR count). The van der Waals surface area contributed by atoms with Crippen LogP contribution in [0.4, 0.5) is 0 Å². The lowest BCUT2D eigenvalue weighted by molar-refractivity contribution is -0.378. The van der Waals surface area contributed by atoms with Crippen LogP contribution in [-0.4, -0.2) is 210 Å². The van der Waals surface area contributed by atoms with Gasteiger partial charge in [-0.25, -0.2) is 0 Å². The van der Waals surface area contributed by atoms with Gasteiger partial charge in [-0.3, -0.25) is 0 Å². The van der Waals surface area contributed by atoms with E-state index < -0.39 is 143 Å². The molecule has 1 unspecified atom stereocenters. The van der Waals surface area contributed by atoms with Gasteiger partial charge in [0.25, 0.3) is 0 Å². The van der Waals surface area contributed by atoms with Gasteiger partial charge < -0.3 is 99.5 Å².